The van der Waals surface area contributed by atoms with E-state index in [0.717, 1.165) is 29.7 Å². The summed E-state index contributed by atoms with van der Waals surface area (Å²) in [5, 5.41) is 0. The van der Waals surface area contributed by atoms with Gasteiger partial charge in [-0.1, -0.05) is 37.6 Å². The Morgan fingerprint density at radius 2 is 2.06 bits per heavy atom. The highest BCUT2D eigenvalue weighted by molar-refractivity contribution is 9.10. The summed E-state index contributed by atoms with van der Waals surface area (Å²) in [6.45, 7) is 4.08. The number of hydrogen-bond donors (Lipinski definition) is 1. The standard InChI is InChI=1S/C14H15BrN2O/c1-3-6-11-12(15)14(18)17-13(16-11)10-8-5-4-7-9(10)2/h4-5,7-8H,3,6H2,1-2H3,(H,16,17,18). The molecule has 0 aliphatic carbocycles. The van der Waals surface area contributed by atoms with Gasteiger partial charge >= 0.3 is 0 Å². The molecule has 1 aromatic carbocycles. The van der Waals surface area contributed by atoms with Gasteiger partial charge in [0.15, 0.2) is 0 Å². The van der Waals surface area contributed by atoms with Gasteiger partial charge in [0.1, 0.15) is 10.3 Å². The maximum absolute atomic E-state index is 11.9. The Morgan fingerprint density at radius 3 is 2.72 bits per heavy atom. The summed E-state index contributed by atoms with van der Waals surface area (Å²) < 4.78 is 0.543. The number of halogens is 1. The van der Waals surface area contributed by atoms with Crippen LogP contribution in [-0.2, 0) is 6.42 Å². The van der Waals surface area contributed by atoms with Crippen molar-refractivity contribution in [3.63, 3.8) is 0 Å². The van der Waals surface area contributed by atoms with Crippen LogP contribution in [0.4, 0.5) is 0 Å². The van der Waals surface area contributed by atoms with Gasteiger partial charge in [-0.05, 0) is 34.8 Å². The second-order valence-corrected chi connectivity index (χ2v) is 5.03. The molecule has 0 atom stereocenters. The third kappa shape index (κ3) is 2.53. The van der Waals surface area contributed by atoms with E-state index in [0.29, 0.717) is 10.3 Å². The summed E-state index contributed by atoms with van der Waals surface area (Å²) in [7, 11) is 0. The van der Waals surface area contributed by atoms with Gasteiger partial charge in [0.05, 0.1) is 5.69 Å². The zero-order chi connectivity index (χ0) is 13.1. The first-order chi connectivity index (χ1) is 8.63. The number of aryl methyl sites for hydroxylation is 2. The van der Waals surface area contributed by atoms with Gasteiger partial charge in [-0.2, -0.15) is 0 Å². The van der Waals surface area contributed by atoms with Crippen LogP contribution in [0.1, 0.15) is 24.6 Å². The topological polar surface area (TPSA) is 45.8 Å². The number of benzene rings is 1. The van der Waals surface area contributed by atoms with Gasteiger partial charge in [-0.3, -0.25) is 4.79 Å². The molecular weight excluding hydrogens is 292 g/mol. The fourth-order valence-electron chi connectivity index (χ4n) is 1.87. The Bertz CT molecular complexity index is 619. The van der Waals surface area contributed by atoms with Crippen molar-refractivity contribution in [1.82, 2.24) is 9.97 Å². The lowest BCUT2D eigenvalue weighted by Crippen LogP contribution is -2.13. The predicted octanol–water partition coefficient (Wildman–Crippen LogP) is 3.46. The zero-order valence-electron chi connectivity index (χ0n) is 10.5. The van der Waals surface area contributed by atoms with Crippen molar-refractivity contribution in [3.8, 4) is 11.4 Å². The van der Waals surface area contributed by atoms with Gasteiger partial charge < -0.3 is 4.98 Å². The molecule has 1 aromatic heterocycles. The molecule has 1 N–H and O–H groups in total. The van der Waals surface area contributed by atoms with E-state index in [9.17, 15) is 4.79 Å². The number of aromatic nitrogens is 2. The lowest BCUT2D eigenvalue weighted by molar-refractivity contribution is 0.861. The molecule has 3 nitrogen and oxygen atoms in total. The Hall–Kier alpha value is -1.42. The number of rotatable bonds is 3. The Kier molecular flexibility index (Phi) is 3.97. The lowest BCUT2D eigenvalue weighted by Gasteiger charge is -2.08. The molecule has 4 heteroatoms. The van der Waals surface area contributed by atoms with Crippen molar-refractivity contribution >= 4 is 15.9 Å². The molecule has 0 fully saturated rings. The van der Waals surface area contributed by atoms with E-state index < -0.39 is 0 Å². The normalized spacial score (nSPS) is 10.6. The fraction of sp³-hybridized carbons (Fsp3) is 0.286. The first-order valence-electron chi connectivity index (χ1n) is 5.98. The van der Waals surface area contributed by atoms with Crippen LogP contribution >= 0.6 is 15.9 Å². The third-order valence-corrected chi connectivity index (χ3v) is 3.64. The summed E-state index contributed by atoms with van der Waals surface area (Å²) in [6.07, 6.45) is 1.76. The van der Waals surface area contributed by atoms with Crippen LogP contribution in [0.5, 0.6) is 0 Å². The molecule has 0 aliphatic rings. The molecule has 2 rings (SSSR count). The van der Waals surface area contributed by atoms with Crippen molar-refractivity contribution in [2.45, 2.75) is 26.7 Å². The highest BCUT2D eigenvalue weighted by Gasteiger charge is 2.10. The van der Waals surface area contributed by atoms with Gasteiger partial charge in [-0.15, -0.1) is 0 Å². The minimum Gasteiger partial charge on any atom is -0.306 e. The Morgan fingerprint density at radius 1 is 1.33 bits per heavy atom. The molecule has 0 radical (unpaired) electrons. The van der Waals surface area contributed by atoms with Gasteiger partial charge in [0.25, 0.3) is 5.56 Å². The molecule has 0 bridgehead atoms. The third-order valence-electron chi connectivity index (χ3n) is 2.82. The minimum absolute atomic E-state index is 0.119. The maximum atomic E-state index is 11.9. The van der Waals surface area contributed by atoms with Crippen LogP contribution in [-0.4, -0.2) is 9.97 Å². The van der Waals surface area contributed by atoms with Crippen molar-refractivity contribution in [3.05, 3.63) is 50.3 Å². The van der Waals surface area contributed by atoms with Crippen molar-refractivity contribution in [1.29, 1.82) is 0 Å². The molecule has 0 spiro atoms. The number of nitrogens with one attached hydrogen (secondary N) is 1. The summed E-state index contributed by atoms with van der Waals surface area (Å²) >= 11 is 3.30. The van der Waals surface area contributed by atoms with E-state index in [-0.39, 0.29) is 5.56 Å². The average molecular weight is 307 g/mol. The van der Waals surface area contributed by atoms with E-state index in [2.05, 4.69) is 32.8 Å². The monoisotopic (exact) mass is 306 g/mol. The summed E-state index contributed by atoms with van der Waals surface area (Å²) in [5.41, 5.74) is 2.77. The Balaban J connectivity index is 2.59. The second-order valence-electron chi connectivity index (χ2n) is 4.24. The molecule has 0 saturated heterocycles. The van der Waals surface area contributed by atoms with E-state index >= 15 is 0 Å². The van der Waals surface area contributed by atoms with Crippen LogP contribution in [0.3, 0.4) is 0 Å². The number of aromatic amines is 1. The lowest BCUT2D eigenvalue weighted by atomic mass is 10.1. The second kappa shape index (κ2) is 5.48. The number of nitrogens with zero attached hydrogens (tertiary/aromatic N) is 1. The zero-order valence-corrected chi connectivity index (χ0v) is 12.0. The van der Waals surface area contributed by atoms with Crippen LogP contribution < -0.4 is 5.56 Å². The maximum Gasteiger partial charge on any atom is 0.265 e. The quantitative estimate of drug-likeness (QED) is 0.944. The van der Waals surface area contributed by atoms with E-state index in [1.165, 1.54) is 0 Å². The van der Waals surface area contributed by atoms with E-state index in [1.54, 1.807) is 0 Å². The van der Waals surface area contributed by atoms with E-state index in [1.807, 2.05) is 31.2 Å². The molecule has 94 valence electrons. The molecule has 0 aliphatic heterocycles. The summed E-state index contributed by atoms with van der Waals surface area (Å²) in [4.78, 5) is 19.2. The Labute approximate surface area is 114 Å². The van der Waals surface area contributed by atoms with Crippen molar-refractivity contribution in [2.75, 3.05) is 0 Å². The summed E-state index contributed by atoms with van der Waals surface area (Å²) in [6, 6.07) is 7.90. The van der Waals surface area contributed by atoms with Gasteiger partial charge in [-0.25, -0.2) is 4.98 Å². The number of hydrogen-bond acceptors (Lipinski definition) is 2. The smallest absolute Gasteiger partial charge is 0.265 e. The van der Waals surface area contributed by atoms with Crippen molar-refractivity contribution < 1.29 is 0 Å². The predicted molar refractivity (Wildman–Crippen MR) is 76.7 cm³/mol. The molecular formula is C14H15BrN2O. The largest absolute Gasteiger partial charge is 0.306 e. The SMILES string of the molecule is CCCc1nc(-c2ccccc2C)[nH]c(=O)c1Br. The molecule has 1 heterocycles. The summed E-state index contributed by atoms with van der Waals surface area (Å²) in [5.74, 6) is 0.643. The van der Waals surface area contributed by atoms with Crippen molar-refractivity contribution in [2.24, 2.45) is 0 Å². The molecule has 2 aromatic rings. The molecule has 0 saturated carbocycles. The van der Waals surface area contributed by atoms with Gasteiger partial charge in [0, 0.05) is 5.56 Å². The van der Waals surface area contributed by atoms with Crippen LogP contribution in [0, 0.1) is 6.92 Å². The minimum atomic E-state index is -0.119. The molecule has 18 heavy (non-hydrogen) atoms. The van der Waals surface area contributed by atoms with Gasteiger partial charge in [0.2, 0.25) is 0 Å². The highest BCUT2D eigenvalue weighted by Crippen LogP contribution is 2.20. The van der Waals surface area contributed by atoms with E-state index in [4.69, 9.17) is 0 Å². The molecule has 0 unspecified atom stereocenters. The molecule has 0 amide bonds. The first-order valence-corrected chi connectivity index (χ1v) is 6.77. The van der Waals surface area contributed by atoms with Crippen LogP contribution in [0.15, 0.2) is 33.5 Å². The fourth-order valence-corrected chi connectivity index (χ4v) is 2.26. The van der Waals surface area contributed by atoms with Crippen LogP contribution in [0.2, 0.25) is 0 Å². The first kappa shape index (κ1) is 13.0. The van der Waals surface area contributed by atoms with Crippen LogP contribution in [0.25, 0.3) is 11.4 Å². The average Bonchev–Trinajstić information content (AvgIpc) is 2.35. The highest BCUT2D eigenvalue weighted by atomic mass is 79.9. The number of H-pyrrole nitrogens is 1.